The van der Waals surface area contributed by atoms with E-state index in [2.05, 4.69) is 16.6 Å². The second-order valence-electron chi connectivity index (χ2n) is 8.09. The molecule has 0 bridgehead atoms. The van der Waals surface area contributed by atoms with Crippen molar-refractivity contribution in [3.8, 4) is 0 Å². The van der Waals surface area contributed by atoms with E-state index in [1.165, 1.54) is 0 Å². The lowest BCUT2D eigenvalue weighted by molar-refractivity contribution is -0.137. The first kappa shape index (κ1) is 22.1. The van der Waals surface area contributed by atoms with Crippen LogP contribution in [0.4, 0.5) is 4.79 Å². The van der Waals surface area contributed by atoms with Crippen LogP contribution < -0.4 is 5.73 Å². The second kappa shape index (κ2) is 8.23. The monoisotopic (exact) mass is 478 g/mol. The number of amidine groups is 1. The molecule has 176 valence electrons. The summed E-state index contributed by atoms with van der Waals surface area (Å²) in [7, 11) is -3.92. The van der Waals surface area contributed by atoms with E-state index in [1.54, 1.807) is 48.6 Å². The first-order valence-corrected chi connectivity index (χ1v) is 11.7. The smallest absolute Gasteiger partial charge is 0.424 e. The van der Waals surface area contributed by atoms with E-state index in [-0.39, 0.29) is 19.0 Å². The quantitative estimate of drug-likeness (QED) is 0.492. The van der Waals surface area contributed by atoms with Crippen molar-refractivity contribution >= 4 is 19.8 Å². The van der Waals surface area contributed by atoms with Gasteiger partial charge in [-0.05, 0) is 30.7 Å². The topological polar surface area (TPSA) is 144 Å². The summed E-state index contributed by atoms with van der Waals surface area (Å²) in [5.74, 6) is 0.587. The van der Waals surface area contributed by atoms with E-state index in [0.717, 1.165) is 5.56 Å². The third-order valence-corrected chi connectivity index (χ3v) is 7.19. The highest BCUT2D eigenvalue weighted by Crippen LogP contribution is 2.58. The second-order valence-corrected chi connectivity index (χ2v) is 9.71. The number of nitrogens with two attached hydrogens (primary N) is 1. The zero-order valence-electron chi connectivity index (χ0n) is 17.7. The molecule has 3 fully saturated rings. The molecule has 0 radical (unpaired) electrons. The third-order valence-electron chi connectivity index (χ3n) is 5.74. The minimum atomic E-state index is -3.92. The Morgan fingerprint density at radius 3 is 2.91 bits per heavy atom. The summed E-state index contributed by atoms with van der Waals surface area (Å²) in [6.45, 7) is 5.46. The number of carbonyl (C=O) groups is 1. The SMILES string of the molecule is C=C1N=C(N)C=CN1[C@@H]1O[C@](C)(COP2(=O)OCCC(c3ccncc3)O2)[C@H]2OC(=O)O[C@@H]12. The number of nitrogens with zero attached hydrogens (tertiary/aromatic N) is 3. The van der Waals surface area contributed by atoms with Gasteiger partial charge in [0.2, 0.25) is 0 Å². The highest BCUT2D eigenvalue weighted by Gasteiger charge is 2.63. The summed E-state index contributed by atoms with van der Waals surface area (Å²) in [6.07, 6.45) is 3.19. The Labute approximate surface area is 189 Å². The number of fused-ring (bicyclic) bond motifs is 1. The number of phosphoric ester groups is 1. The van der Waals surface area contributed by atoms with Crippen molar-refractivity contribution in [3.63, 3.8) is 0 Å². The standard InChI is InChI=1S/C20H23N4O8P/c1-12-23-15(21)5-9-24(12)18-16-17(30-19(25)29-16)20(2,31-18)11-28-33(26)27-10-6-14(32-33)13-3-7-22-8-4-13/h3-5,7-9,14,16-18H,1,6,10-11H2,2H3,(H2,21,23)/t14?,16-,17+,18-,20-,33?/m1/s1. The van der Waals surface area contributed by atoms with Crippen LogP contribution in [-0.2, 0) is 32.3 Å². The van der Waals surface area contributed by atoms with Gasteiger partial charge in [0.05, 0.1) is 19.3 Å². The number of pyridine rings is 1. The number of rotatable bonds is 5. The summed E-state index contributed by atoms with van der Waals surface area (Å²) in [6, 6.07) is 3.56. The van der Waals surface area contributed by atoms with E-state index < -0.39 is 44.1 Å². The molecule has 5 rings (SSSR count). The Balaban J connectivity index is 1.31. The molecule has 6 atom stereocenters. The van der Waals surface area contributed by atoms with Gasteiger partial charge in [-0.25, -0.2) is 14.4 Å². The highest BCUT2D eigenvalue weighted by molar-refractivity contribution is 7.48. The average Bonchev–Trinajstić information content (AvgIpc) is 3.30. The van der Waals surface area contributed by atoms with Gasteiger partial charge in [-0.3, -0.25) is 18.6 Å². The minimum absolute atomic E-state index is 0.187. The minimum Gasteiger partial charge on any atom is -0.424 e. The summed E-state index contributed by atoms with van der Waals surface area (Å²) in [5.41, 5.74) is 5.30. The zero-order valence-corrected chi connectivity index (χ0v) is 18.6. The molecular weight excluding hydrogens is 455 g/mol. The fourth-order valence-corrected chi connectivity index (χ4v) is 5.58. The third kappa shape index (κ3) is 4.16. The predicted molar refractivity (Wildman–Crippen MR) is 112 cm³/mol. The van der Waals surface area contributed by atoms with Crippen molar-refractivity contribution < 1.29 is 37.1 Å². The molecule has 0 spiro atoms. The molecule has 2 unspecified atom stereocenters. The Hall–Kier alpha value is -2.76. The molecule has 1 aromatic rings. The van der Waals surface area contributed by atoms with E-state index >= 15 is 0 Å². The fourth-order valence-electron chi connectivity index (χ4n) is 4.10. The molecule has 13 heteroatoms. The van der Waals surface area contributed by atoms with E-state index in [4.69, 9.17) is 33.5 Å². The number of phosphoric acid groups is 1. The molecule has 2 N–H and O–H groups in total. The van der Waals surface area contributed by atoms with Crippen LogP contribution in [0.2, 0.25) is 0 Å². The maximum atomic E-state index is 13.2. The lowest BCUT2D eigenvalue weighted by Gasteiger charge is -2.34. The zero-order chi connectivity index (χ0) is 23.2. The molecule has 4 aliphatic heterocycles. The van der Waals surface area contributed by atoms with Crippen LogP contribution in [0.1, 0.15) is 25.0 Å². The van der Waals surface area contributed by atoms with Crippen molar-refractivity contribution in [1.82, 2.24) is 9.88 Å². The van der Waals surface area contributed by atoms with Gasteiger partial charge in [0.15, 0.2) is 18.4 Å². The normalized spacial score (nSPS) is 38.0. The first-order valence-electron chi connectivity index (χ1n) is 10.3. The summed E-state index contributed by atoms with van der Waals surface area (Å²) >= 11 is 0. The largest absolute Gasteiger partial charge is 0.509 e. The molecule has 4 aliphatic rings. The number of aliphatic imine (C=N–C) groups is 1. The van der Waals surface area contributed by atoms with E-state index in [9.17, 15) is 9.36 Å². The van der Waals surface area contributed by atoms with Gasteiger partial charge in [0, 0.05) is 25.0 Å². The van der Waals surface area contributed by atoms with Crippen molar-refractivity contribution in [2.45, 2.75) is 43.5 Å². The lowest BCUT2D eigenvalue weighted by atomic mass is 9.98. The Morgan fingerprint density at radius 1 is 1.36 bits per heavy atom. The maximum absolute atomic E-state index is 13.2. The predicted octanol–water partition coefficient (Wildman–Crippen LogP) is 2.36. The molecule has 0 aromatic carbocycles. The Bertz CT molecular complexity index is 1070. The van der Waals surface area contributed by atoms with Gasteiger partial charge < -0.3 is 24.8 Å². The maximum Gasteiger partial charge on any atom is 0.509 e. The number of carbonyl (C=O) groups excluding carboxylic acids is 1. The van der Waals surface area contributed by atoms with E-state index in [0.29, 0.717) is 12.2 Å². The molecular formula is C20H23N4O8P. The number of aromatic nitrogens is 1. The van der Waals surface area contributed by atoms with Crippen molar-refractivity contribution in [2.75, 3.05) is 13.2 Å². The average molecular weight is 478 g/mol. The van der Waals surface area contributed by atoms with E-state index in [1.807, 2.05) is 0 Å². The molecule has 0 aliphatic carbocycles. The molecule has 3 saturated heterocycles. The van der Waals surface area contributed by atoms with Gasteiger partial charge in [-0.1, -0.05) is 6.58 Å². The van der Waals surface area contributed by atoms with Crippen LogP contribution in [0.15, 0.2) is 54.2 Å². The first-order chi connectivity index (χ1) is 15.8. The summed E-state index contributed by atoms with van der Waals surface area (Å²) < 4.78 is 46.8. The van der Waals surface area contributed by atoms with Crippen LogP contribution in [0, 0.1) is 0 Å². The summed E-state index contributed by atoms with van der Waals surface area (Å²) in [5, 5.41) is 0. The number of hydrogen-bond acceptors (Lipinski definition) is 12. The van der Waals surface area contributed by atoms with Crippen LogP contribution >= 0.6 is 7.82 Å². The Morgan fingerprint density at radius 2 is 2.15 bits per heavy atom. The fraction of sp³-hybridized carbons (Fsp3) is 0.450. The van der Waals surface area contributed by atoms with Crippen LogP contribution in [-0.4, -0.2) is 59.1 Å². The van der Waals surface area contributed by atoms with Gasteiger partial charge in [-0.2, -0.15) is 0 Å². The van der Waals surface area contributed by atoms with Gasteiger partial charge in [-0.15, -0.1) is 0 Å². The van der Waals surface area contributed by atoms with Crippen LogP contribution in [0.3, 0.4) is 0 Å². The molecule has 1 aromatic heterocycles. The Kier molecular flexibility index (Phi) is 5.50. The van der Waals surface area contributed by atoms with Gasteiger partial charge in [0.25, 0.3) is 0 Å². The van der Waals surface area contributed by atoms with Gasteiger partial charge >= 0.3 is 14.0 Å². The van der Waals surface area contributed by atoms with Crippen molar-refractivity contribution in [1.29, 1.82) is 0 Å². The van der Waals surface area contributed by atoms with Crippen molar-refractivity contribution in [3.05, 3.63) is 54.8 Å². The molecule has 33 heavy (non-hydrogen) atoms. The van der Waals surface area contributed by atoms with Crippen LogP contribution in [0.5, 0.6) is 0 Å². The summed E-state index contributed by atoms with van der Waals surface area (Å²) in [4.78, 5) is 21.6. The lowest BCUT2D eigenvalue weighted by Crippen LogP contribution is -2.43. The number of ether oxygens (including phenoxy) is 3. The molecule has 5 heterocycles. The van der Waals surface area contributed by atoms with Gasteiger partial charge in [0.1, 0.15) is 17.3 Å². The van der Waals surface area contributed by atoms with Crippen LogP contribution in [0.25, 0.3) is 0 Å². The highest BCUT2D eigenvalue weighted by atomic mass is 31.2. The molecule has 12 nitrogen and oxygen atoms in total. The molecule has 0 amide bonds. The molecule has 0 saturated carbocycles. The van der Waals surface area contributed by atoms with Crippen molar-refractivity contribution in [2.24, 2.45) is 10.7 Å². The number of hydrogen-bond donors (Lipinski definition) is 1.